The van der Waals surface area contributed by atoms with Crippen LogP contribution in [0.15, 0.2) is 36.7 Å². The normalized spacial score (nSPS) is 17.9. The summed E-state index contributed by atoms with van der Waals surface area (Å²) in [4.78, 5) is 55.2. The van der Waals surface area contributed by atoms with Crippen LogP contribution in [0, 0.1) is 5.41 Å². The van der Waals surface area contributed by atoms with E-state index in [4.69, 9.17) is 0 Å². The number of benzene rings is 1. The molecule has 1 aliphatic heterocycles. The molecular formula is C21H22N4O4. The lowest BCUT2D eigenvalue weighted by Crippen LogP contribution is -2.39. The summed E-state index contributed by atoms with van der Waals surface area (Å²) in [7, 11) is 1.73. The maximum absolute atomic E-state index is 12.7. The molecule has 1 spiro atoms. The fourth-order valence-electron chi connectivity index (χ4n) is 4.26. The predicted molar refractivity (Wildman–Crippen MR) is 104 cm³/mol. The van der Waals surface area contributed by atoms with Gasteiger partial charge in [-0.1, -0.05) is 25.0 Å². The first-order valence-corrected chi connectivity index (χ1v) is 9.66. The molecule has 0 atom stereocenters. The smallest absolute Gasteiger partial charge is 0.244 e. The Kier molecular flexibility index (Phi) is 4.77. The molecule has 0 bridgehead atoms. The molecular weight excluding hydrogens is 372 g/mol. The zero-order valence-electron chi connectivity index (χ0n) is 16.2. The first kappa shape index (κ1) is 19.0. The molecule has 3 amide bonds. The Labute approximate surface area is 167 Å². The number of hydrogen-bond donors (Lipinski definition) is 1. The summed E-state index contributed by atoms with van der Waals surface area (Å²) in [6, 6.07) is 6.51. The molecule has 1 aliphatic carbocycles. The molecule has 0 unspecified atom stereocenters. The third-order valence-electron chi connectivity index (χ3n) is 5.78. The number of rotatable bonds is 5. The third-order valence-corrected chi connectivity index (χ3v) is 5.78. The van der Waals surface area contributed by atoms with Crippen molar-refractivity contribution < 1.29 is 19.2 Å². The van der Waals surface area contributed by atoms with E-state index >= 15 is 0 Å². The maximum Gasteiger partial charge on any atom is 0.244 e. The van der Waals surface area contributed by atoms with Gasteiger partial charge < -0.3 is 9.88 Å². The molecule has 1 saturated heterocycles. The van der Waals surface area contributed by atoms with Gasteiger partial charge in [-0.3, -0.25) is 24.1 Å². The van der Waals surface area contributed by atoms with Gasteiger partial charge in [-0.05, 0) is 25.0 Å². The van der Waals surface area contributed by atoms with Crippen molar-refractivity contribution in [3.8, 4) is 0 Å². The van der Waals surface area contributed by atoms with Crippen molar-refractivity contribution in [2.75, 3.05) is 11.9 Å². The Bertz CT molecular complexity index is 1000. The number of nitrogens with one attached hydrogen (secondary N) is 1. The van der Waals surface area contributed by atoms with Gasteiger partial charge in [0.15, 0.2) is 5.82 Å². The Morgan fingerprint density at radius 2 is 1.97 bits per heavy atom. The minimum Gasteiger partial charge on any atom is -0.331 e. The van der Waals surface area contributed by atoms with Crippen LogP contribution >= 0.6 is 0 Å². The molecule has 2 aliphatic rings. The van der Waals surface area contributed by atoms with Crippen LogP contribution in [-0.2, 0) is 21.4 Å². The van der Waals surface area contributed by atoms with Crippen LogP contribution in [0.2, 0.25) is 0 Å². The first-order chi connectivity index (χ1) is 13.9. The number of imide groups is 1. The van der Waals surface area contributed by atoms with Gasteiger partial charge in [0.25, 0.3) is 0 Å². The average molecular weight is 394 g/mol. The summed E-state index contributed by atoms with van der Waals surface area (Å²) in [5.74, 6) is -0.951. The fourth-order valence-corrected chi connectivity index (χ4v) is 4.26. The van der Waals surface area contributed by atoms with Crippen LogP contribution in [-0.4, -0.2) is 44.5 Å². The van der Waals surface area contributed by atoms with Crippen LogP contribution in [0.3, 0.4) is 0 Å². The lowest BCUT2D eigenvalue weighted by atomic mass is 9.84. The highest BCUT2D eigenvalue weighted by Crippen LogP contribution is 2.46. The highest BCUT2D eigenvalue weighted by Gasteiger charge is 2.52. The number of imidazole rings is 1. The van der Waals surface area contributed by atoms with Crippen molar-refractivity contribution in [1.29, 1.82) is 0 Å². The number of carbonyl (C=O) groups excluding carboxylic acids is 4. The van der Waals surface area contributed by atoms with Gasteiger partial charge in [0, 0.05) is 37.1 Å². The quantitative estimate of drug-likeness (QED) is 0.617. The van der Waals surface area contributed by atoms with Gasteiger partial charge in [-0.25, -0.2) is 4.98 Å². The van der Waals surface area contributed by atoms with Gasteiger partial charge in [-0.2, -0.15) is 0 Å². The molecule has 2 aromatic rings. The zero-order chi connectivity index (χ0) is 20.6. The van der Waals surface area contributed by atoms with Crippen molar-refractivity contribution in [2.24, 2.45) is 12.5 Å². The molecule has 1 aromatic heterocycles. The average Bonchev–Trinajstić information content (AvgIpc) is 3.39. The summed E-state index contributed by atoms with van der Waals surface area (Å²) < 4.78 is 1.62. The minimum absolute atomic E-state index is 0.201. The highest BCUT2D eigenvalue weighted by molar-refractivity contribution is 6.10. The van der Waals surface area contributed by atoms with Crippen molar-refractivity contribution in [3.63, 3.8) is 0 Å². The van der Waals surface area contributed by atoms with E-state index in [0.717, 1.165) is 17.7 Å². The third kappa shape index (κ3) is 3.46. The van der Waals surface area contributed by atoms with Gasteiger partial charge in [-0.15, -0.1) is 0 Å². The van der Waals surface area contributed by atoms with Crippen molar-refractivity contribution in [3.05, 3.63) is 48.0 Å². The van der Waals surface area contributed by atoms with Crippen LogP contribution in [0.1, 0.15) is 48.3 Å². The molecule has 2 heterocycles. The standard InChI is InChI=1S/C21H22N4O4/c1-24-10-9-22-19(24)18(28)14-5-4-6-15(11-14)23-16(26)13-25-17(27)12-21(20(25)29)7-2-3-8-21/h4-6,9-11H,2-3,7-8,12-13H2,1H3,(H,23,26). The lowest BCUT2D eigenvalue weighted by molar-refractivity contribution is -0.143. The van der Waals surface area contributed by atoms with E-state index in [1.807, 2.05) is 0 Å². The van der Waals surface area contributed by atoms with E-state index in [2.05, 4.69) is 10.3 Å². The van der Waals surface area contributed by atoms with Crippen LogP contribution < -0.4 is 5.32 Å². The summed E-state index contributed by atoms with van der Waals surface area (Å²) in [6.07, 6.45) is 6.73. The van der Waals surface area contributed by atoms with E-state index in [1.165, 1.54) is 0 Å². The highest BCUT2D eigenvalue weighted by atomic mass is 16.2. The number of hydrogen-bond acceptors (Lipinski definition) is 5. The Balaban J connectivity index is 1.44. The van der Waals surface area contributed by atoms with E-state index in [0.29, 0.717) is 29.9 Å². The number of amides is 3. The first-order valence-electron chi connectivity index (χ1n) is 9.66. The van der Waals surface area contributed by atoms with E-state index in [1.54, 1.807) is 48.3 Å². The number of likely N-dealkylation sites (tertiary alicyclic amines) is 1. The van der Waals surface area contributed by atoms with Crippen molar-refractivity contribution in [1.82, 2.24) is 14.5 Å². The molecule has 150 valence electrons. The summed E-state index contributed by atoms with van der Waals surface area (Å²) >= 11 is 0. The minimum atomic E-state index is -0.592. The van der Waals surface area contributed by atoms with Crippen LogP contribution in [0.5, 0.6) is 0 Å². The molecule has 2 fully saturated rings. The molecule has 8 heteroatoms. The molecule has 29 heavy (non-hydrogen) atoms. The molecule has 1 aromatic carbocycles. The number of carbonyl (C=O) groups is 4. The molecule has 4 rings (SSSR count). The maximum atomic E-state index is 12.7. The lowest BCUT2D eigenvalue weighted by Gasteiger charge is -2.20. The number of ketones is 1. The molecule has 1 N–H and O–H groups in total. The second kappa shape index (κ2) is 7.27. The van der Waals surface area contributed by atoms with Crippen molar-refractivity contribution in [2.45, 2.75) is 32.1 Å². The second-order valence-corrected chi connectivity index (χ2v) is 7.77. The zero-order valence-corrected chi connectivity index (χ0v) is 16.2. The number of aryl methyl sites for hydroxylation is 1. The monoisotopic (exact) mass is 394 g/mol. The van der Waals surface area contributed by atoms with Crippen LogP contribution in [0.4, 0.5) is 5.69 Å². The number of nitrogens with zero attached hydrogens (tertiary/aromatic N) is 3. The van der Waals surface area contributed by atoms with E-state index in [-0.39, 0.29) is 30.6 Å². The molecule has 1 saturated carbocycles. The number of aromatic nitrogens is 2. The van der Waals surface area contributed by atoms with Gasteiger partial charge >= 0.3 is 0 Å². The Morgan fingerprint density at radius 1 is 1.21 bits per heavy atom. The number of anilines is 1. The second-order valence-electron chi connectivity index (χ2n) is 7.77. The van der Waals surface area contributed by atoms with E-state index in [9.17, 15) is 19.2 Å². The molecule has 0 radical (unpaired) electrons. The van der Waals surface area contributed by atoms with Gasteiger partial charge in [0.2, 0.25) is 23.5 Å². The molecule has 8 nitrogen and oxygen atoms in total. The predicted octanol–water partition coefficient (Wildman–Crippen LogP) is 1.91. The summed E-state index contributed by atoms with van der Waals surface area (Å²) in [5.41, 5.74) is 0.214. The van der Waals surface area contributed by atoms with Gasteiger partial charge in [0.1, 0.15) is 6.54 Å². The topological polar surface area (TPSA) is 101 Å². The SMILES string of the molecule is Cn1ccnc1C(=O)c1cccc(NC(=O)CN2C(=O)CC3(CCCC3)C2=O)c1. The Hall–Kier alpha value is -3.29. The van der Waals surface area contributed by atoms with E-state index < -0.39 is 11.3 Å². The van der Waals surface area contributed by atoms with Crippen molar-refractivity contribution >= 4 is 29.2 Å². The summed E-state index contributed by atoms with van der Waals surface area (Å²) in [6.45, 7) is -0.309. The van der Waals surface area contributed by atoms with Gasteiger partial charge in [0.05, 0.1) is 5.41 Å². The Morgan fingerprint density at radius 3 is 2.66 bits per heavy atom. The van der Waals surface area contributed by atoms with Crippen LogP contribution in [0.25, 0.3) is 0 Å². The summed E-state index contributed by atoms with van der Waals surface area (Å²) in [5, 5.41) is 2.68. The fraction of sp³-hybridized carbons (Fsp3) is 0.381. The largest absolute Gasteiger partial charge is 0.331 e.